The number of fused-ring (bicyclic) bond motifs is 1. The van der Waals surface area contributed by atoms with Crippen LogP contribution in [0.15, 0.2) is 12.1 Å². The number of rotatable bonds is 0. The fraction of sp³-hybridized carbons (Fsp3) is 0.444. The van der Waals surface area contributed by atoms with E-state index >= 15 is 0 Å². The average Bonchev–Trinajstić information content (AvgIpc) is 1.92. The highest BCUT2D eigenvalue weighted by Gasteiger charge is 2.22. The summed E-state index contributed by atoms with van der Waals surface area (Å²) in [5, 5.41) is 0. The van der Waals surface area contributed by atoms with Crippen molar-refractivity contribution in [1.29, 1.82) is 0 Å². The zero-order valence-corrected chi connectivity index (χ0v) is 6.39. The maximum atomic E-state index is 4.44. The van der Waals surface area contributed by atoms with Gasteiger partial charge >= 0.3 is 0 Å². The topological polar surface area (TPSA) is 12.9 Å². The number of aromatic nitrogens is 1. The number of aryl methyl sites for hydroxylation is 1. The molecule has 0 bridgehead atoms. The Labute approximate surface area is 61.1 Å². The fourth-order valence-corrected chi connectivity index (χ4v) is 1.50. The minimum atomic E-state index is 0.704. The average molecular weight is 133 g/mol. The molecule has 1 aromatic heterocycles. The van der Waals surface area contributed by atoms with Crippen molar-refractivity contribution in [3.05, 3.63) is 29.1 Å². The van der Waals surface area contributed by atoms with Gasteiger partial charge in [-0.15, -0.1) is 0 Å². The SMILES string of the molecule is Cc1ccc2c(n1)[C@H](C)C2. The molecule has 0 amide bonds. The zero-order valence-electron chi connectivity index (χ0n) is 6.39. The predicted molar refractivity (Wildman–Crippen MR) is 41.1 cm³/mol. The van der Waals surface area contributed by atoms with E-state index in [1.54, 1.807) is 0 Å². The maximum Gasteiger partial charge on any atom is 0.0470 e. The van der Waals surface area contributed by atoms with Crippen LogP contribution in [0.25, 0.3) is 0 Å². The molecule has 1 aliphatic carbocycles. The van der Waals surface area contributed by atoms with E-state index in [2.05, 4.69) is 24.0 Å². The number of pyridine rings is 1. The van der Waals surface area contributed by atoms with E-state index in [1.165, 1.54) is 17.7 Å². The molecule has 0 N–H and O–H groups in total. The van der Waals surface area contributed by atoms with Crippen LogP contribution in [0.4, 0.5) is 0 Å². The summed E-state index contributed by atoms with van der Waals surface area (Å²) >= 11 is 0. The Bertz CT molecular complexity index is 265. The molecule has 1 heteroatoms. The monoisotopic (exact) mass is 133 g/mol. The van der Waals surface area contributed by atoms with Crippen LogP contribution in [0.2, 0.25) is 0 Å². The Hall–Kier alpha value is -0.850. The highest BCUT2D eigenvalue weighted by atomic mass is 14.7. The molecule has 52 valence electrons. The lowest BCUT2D eigenvalue weighted by molar-refractivity contribution is 0.631. The third-order valence-electron chi connectivity index (χ3n) is 2.14. The highest BCUT2D eigenvalue weighted by molar-refractivity contribution is 5.34. The normalized spacial score (nSPS) is 21.6. The summed E-state index contributed by atoms with van der Waals surface area (Å²) in [5.41, 5.74) is 3.91. The molecule has 0 saturated carbocycles. The molecule has 0 aromatic carbocycles. The molecular weight excluding hydrogens is 122 g/mol. The van der Waals surface area contributed by atoms with Gasteiger partial charge in [-0.05, 0) is 25.0 Å². The maximum absolute atomic E-state index is 4.44. The Morgan fingerprint density at radius 1 is 1.50 bits per heavy atom. The van der Waals surface area contributed by atoms with Crippen LogP contribution >= 0.6 is 0 Å². The molecule has 10 heavy (non-hydrogen) atoms. The molecule has 0 saturated heterocycles. The van der Waals surface area contributed by atoms with Crippen molar-refractivity contribution in [2.45, 2.75) is 26.2 Å². The zero-order chi connectivity index (χ0) is 7.14. The minimum absolute atomic E-state index is 0.704. The lowest BCUT2D eigenvalue weighted by Crippen LogP contribution is -2.16. The third-order valence-corrected chi connectivity index (χ3v) is 2.14. The van der Waals surface area contributed by atoms with Gasteiger partial charge in [0, 0.05) is 17.3 Å². The summed E-state index contributed by atoms with van der Waals surface area (Å²) in [6, 6.07) is 4.28. The fourth-order valence-electron chi connectivity index (χ4n) is 1.50. The molecule has 2 rings (SSSR count). The standard InChI is InChI=1S/C9H11N/c1-6-5-8-4-3-7(2)10-9(6)8/h3-4,6H,5H2,1-2H3/t6-/m1/s1. The van der Waals surface area contributed by atoms with Crippen LogP contribution in [0.3, 0.4) is 0 Å². The summed E-state index contributed by atoms with van der Waals surface area (Å²) in [4.78, 5) is 4.44. The van der Waals surface area contributed by atoms with Gasteiger partial charge in [0.15, 0.2) is 0 Å². The molecule has 0 radical (unpaired) electrons. The molecule has 1 heterocycles. The van der Waals surface area contributed by atoms with E-state index in [1.807, 2.05) is 6.92 Å². The predicted octanol–water partition coefficient (Wildman–Crippen LogP) is 2.05. The second-order valence-electron chi connectivity index (χ2n) is 3.10. The summed E-state index contributed by atoms with van der Waals surface area (Å²) in [6.45, 7) is 4.28. The van der Waals surface area contributed by atoms with Crippen LogP contribution in [0.5, 0.6) is 0 Å². The van der Waals surface area contributed by atoms with E-state index in [-0.39, 0.29) is 0 Å². The Balaban J connectivity index is 2.51. The van der Waals surface area contributed by atoms with Crippen molar-refractivity contribution >= 4 is 0 Å². The second-order valence-corrected chi connectivity index (χ2v) is 3.10. The van der Waals surface area contributed by atoms with E-state index < -0.39 is 0 Å². The van der Waals surface area contributed by atoms with Gasteiger partial charge in [0.05, 0.1) is 0 Å². The van der Waals surface area contributed by atoms with E-state index in [9.17, 15) is 0 Å². The van der Waals surface area contributed by atoms with Crippen molar-refractivity contribution in [2.75, 3.05) is 0 Å². The first-order valence-corrected chi connectivity index (χ1v) is 3.74. The number of nitrogens with zero attached hydrogens (tertiary/aromatic N) is 1. The van der Waals surface area contributed by atoms with E-state index in [0.29, 0.717) is 5.92 Å². The van der Waals surface area contributed by atoms with Crippen LogP contribution in [-0.4, -0.2) is 4.98 Å². The van der Waals surface area contributed by atoms with Gasteiger partial charge in [0.25, 0.3) is 0 Å². The van der Waals surface area contributed by atoms with Crippen molar-refractivity contribution < 1.29 is 0 Å². The molecule has 1 atom stereocenters. The summed E-state index contributed by atoms with van der Waals surface area (Å²) in [6.07, 6.45) is 1.22. The van der Waals surface area contributed by atoms with Gasteiger partial charge in [-0.2, -0.15) is 0 Å². The molecule has 1 aromatic rings. The van der Waals surface area contributed by atoms with Gasteiger partial charge in [0.1, 0.15) is 0 Å². The first kappa shape index (κ1) is 5.90. The van der Waals surface area contributed by atoms with Crippen LogP contribution in [-0.2, 0) is 6.42 Å². The van der Waals surface area contributed by atoms with Crippen molar-refractivity contribution in [2.24, 2.45) is 0 Å². The van der Waals surface area contributed by atoms with Crippen molar-refractivity contribution in [3.8, 4) is 0 Å². The van der Waals surface area contributed by atoms with E-state index in [4.69, 9.17) is 0 Å². The van der Waals surface area contributed by atoms with E-state index in [0.717, 1.165) is 5.69 Å². The molecule has 0 fully saturated rings. The molecule has 0 unspecified atom stereocenters. The van der Waals surface area contributed by atoms with Gasteiger partial charge in [-0.1, -0.05) is 13.0 Å². The van der Waals surface area contributed by atoms with Gasteiger partial charge in [-0.3, -0.25) is 4.98 Å². The van der Waals surface area contributed by atoms with Crippen LogP contribution in [0.1, 0.15) is 29.8 Å². The van der Waals surface area contributed by atoms with Crippen LogP contribution in [0, 0.1) is 6.92 Å². The van der Waals surface area contributed by atoms with Crippen molar-refractivity contribution in [3.63, 3.8) is 0 Å². The Morgan fingerprint density at radius 3 is 2.90 bits per heavy atom. The Morgan fingerprint density at radius 2 is 2.30 bits per heavy atom. The van der Waals surface area contributed by atoms with Crippen molar-refractivity contribution in [1.82, 2.24) is 4.98 Å². The molecule has 1 nitrogen and oxygen atoms in total. The first-order chi connectivity index (χ1) is 4.77. The molecule has 0 aliphatic heterocycles. The first-order valence-electron chi connectivity index (χ1n) is 3.74. The second kappa shape index (κ2) is 1.82. The number of hydrogen-bond donors (Lipinski definition) is 0. The smallest absolute Gasteiger partial charge is 0.0470 e. The summed E-state index contributed by atoms with van der Waals surface area (Å²) in [7, 11) is 0. The lowest BCUT2D eigenvalue weighted by Gasteiger charge is -2.25. The molecular formula is C9H11N. The highest BCUT2D eigenvalue weighted by Crippen LogP contribution is 2.32. The van der Waals surface area contributed by atoms with Gasteiger partial charge < -0.3 is 0 Å². The number of hydrogen-bond acceptors (Lipinski definition) is 1. The lowest BCUT2D eigenvalue weighted by atomic mass is 9.83. The summed E-state index contributed by atoms with van der Waals surface area (Å²) < 4.78 is 0. The quantitative estimate of drug-likeness (QED) is 0.527. The van der Waals surface area contributed by atoms with Crippen LogP contribution < -0.4 is 0 Å². The van der Waals surface area contributed by atoms with Gasteiger partial charge in [-0.25, -0.2) is 0 Å². The van der Waals surface area contributed by atoms with Gasteiger partial charge in [0.2, 0.25) is 0 Å². The largest absolute Gasteiger partial charge is 0.258 e. The molecule has 0 spiro atoms. The minimum Gasteiger partial charge on any atom is -0.258 e. The molecule has 1 aliphatic rings. The Kier molecular flexibility index (Phi) is 1.07. The summed E-state index contributed by atoms with van der Waals surface area (Å²) in [5.74, 6) is 0.704. The third kappa shape index (κ3) is 0.666.